The van der Waals surface area contributed by atoms with Crippen molar-refractivity contribution in [3.05, 3.63) is 12.4 Å². The molecule has 66 valence electrons. The van der Waals surface area contributed by atoms with Crippen LogP contribution in [0, 0.1) is 0 Å². The molecule has 0 spiro atoms. The van der Waals surface area contributed by atoms with E-state index in [-0.39, 0.29) is 0 Å². The third kappa shape index (κ3) is 1.33. The molecule has 0 bridgehead atoms. The topological polar surface area (TPSA) is 46.0 Å². The molecule has 1 aromatic heterocycles. The van der Waals surface area contributed by atoms with Crippen LogP contribution in [-0.4, -0.2) is 46.6 Å². The van der Waals surface area contributed by atoms with Crippen LogP contribution >= 0.6 is 0 Å². The lowest BCUT2D eigenvalue weighted by atomic mass is 10.3. The monoisotopic (exact) mass is 167 g/mol. The van der Waals surface area contributed by atoms with Gasteiger partial charge >= 0.3 is 0 Å². The van der Waals surface area contributed by atoms with Crippen molar-refractivity contribution in [2.24, 2.45) is 0 Å². The highest BCUT2D eigenvalue weighted by atomic mass is 15.5. The van der Waals surface area contributed by atoms with Crippen LogP contribution in [0.1, 0.15) is 6.17 Å². The predicted octanol–water partition coefficient (Wildman–Crippen LogP) is -0.688. The van der Waals surface area contributed by atoms with Crippen molar-refractivity contribution < 1.29 is 0 Å². The van der Waals surface area contributed by atoms with E-state index in [4.69, 9.17) is 0 Å². The van der Waals surface area contributed by atoms with Crippen molar-refractivity contribution in [3.63, 3.8) is 0 Å². The summed E-state index contributed by atoms with van der Waals surface area (Å²) < 4.78 is 1.88. The van der Waals surface area contributed by atoms with Crippen molar-refractivity contribution in [1.82, 2.24) is 25.2 Å². The van der Waals surface area contributed by atoms with Gasteiger partial charge in [-0.05, 0) is 7.05 Å². The summed E-state index contributed by atoms with van der Waals surface area (Å²) in [6.45, 7) is 3.06. The van der Waals surface area contributed by atoms with Crippen LogP contribution in [-0.2, 0) is 0 Å². The molecule has 0 aliphatic carbocycles. The van der Waals surface area contributed by atoms with Gasteiger partial charge in [0, 0.05) is 25.8 Å². The Labute approximate surface area is 71.4 Å². The molecule has 1 aliphatic rings. The molecular formula is C7H13N5. The fourth-order valence-electron chi connectivity index (χ4n) is 1.46. The number of nitrogens with one attached hydrogen (secondary N) is 1. The van der Waals surface area contributed by atoms with Crippen LogP contribution < -0.4 is 5.32 Å². The molecule has 1 saturated heterocycles. The van der Waals surface area contributed by atoms with Gasteiger partial charge in [-0.15, -0.1) is 5.10 Å². The van der Waals surface area contributed by atoms with Gasteiger partial charge in [0.05, 0.1) is 6.20 Å². The number of hydrogen-bond acceptors (Lipinski definition) is 4. The molecule has 1 N–H and O–H groups in total. The number of piperazine rings is 1. The summed E-state index contributed by atoms with van der Waals surface area (Å²) in [5.41, 5.74) is 0. The first-order valence-electron chi connectivity index (χ1n) is 4.14. The van der Waals surface area contributed by atoms with Crippen LogP contribution in [0.3, 0.4) is 0 Å². The van der Waals surface area contributed by atoms with Gasteiger partial charge in [-0.2, -0.15) is 0 Å². The lowest BCUT2D eigenvalue weighted by Gasteiger charge is -2.32. The van der Waals surface area contributed by atoms with Gasteiger partial charge in [0.1, 0.15) is 6.17 Å². The zero-order valence-electron chi connectivity index (χ0n) is 7.14. The Hall–Kier alpha value is -0.940. The van der Waals surface area contributed by atoms with Crippen LogP contribution in [0.5, 0.6) is 0 Å². The highest BCUT2D eigenvalue weighted by Gasteiger charge is 2.19. The van der Waals surface area contributed by atoms with E-state index in [0.29, 0.717) is 6.17 Å². The quantitative estimate of drug-likeness (QED) is 0.601. The normalized spacial score (nSPS) is 25.9. The Morgan fingerprint density at radius 1 is 1.58 bits per heavy atom. The zero-order valence-corrected chi connectivity index (χ0v) is 7.14. The van der Waals surface area contributed by atoms with E-state index in [1.54, 1.807) is 6.20 Å². The maximum Gasteiger partial charge on any atom is 0.118 e. The second-order valence-electron chi connectivity index (χ2n) is 3.05. The van der Waals surface area contributed by atoms with Crippen molar-refractivity contribution in [2.45, 2.75) is 6.17 Å². The lowest BCUT2D eigenvalue weighted by molar-refractivity contribution is 0.127. The zero-order chi connectivity index (χ0) is 8.39. The summed E-state index contributed by atoms with van der Waals surface area (Å²) in [6.07, 6.45) is 3.93. The summed E-state index contributed by atoms with van der Waals surface area (Å²) in [6, 6.07) is 0. The fourth-order valence-corrected chi connectivity index (χ4v) is 1.46. The third-order valence-electron chi connectivity index (χ3n) is 2.22. The van der Waals surface area contributed by atoms with E-state index < -0.39 is 0 Å². The lowest BCUT2D eigenvalue weighted by Crippen LogP contribution is -2.46. The van der Waals surface area contributed by atoms with Gasteiger partial charge in [0.15, 0.2) is 0 Å². The first kappa shape index (κ1) is 7.70. The number of aromatic nitrogens is 3. The molecule has 1 fully saturated rings. The van der Waals surface area contributed by atoms with Crippen LogP contribution in [0.4, 0.5) is 0 Å². The Balaban J connectivity index is 2.11. The summed E-state index contributed by atoms with van der Waals surface area (Å²) >= 11 is 0. The first-order valence-corrected chi connectivity index (χ1v) is 4.14. The standard InChI is InChI=1S/C7H13N5/c1-11-4-2-8-6-7(11)12-5-3-9-10-12/h3,5,7-8H,2,4,6H2,1H3. The SMILES string of the molecule is CN1CCNCC1n1ccnn1. The number of nitrogens with zero attached hydrogens (tertiary/aromatic N) is 4. The van der Waals surface area contributed by atoms with E-state index in [9.17, 15) is 0 Å². The molecule has 0 amide bonds. The average molecular weight is 167 g/mol. The van der Waals surface area contributed by atoms with Crippen LogP contribution in [0.2, 0.25) is 0 Å². The summed E-state index contributed by atoms with van der Waals surface area (Å²) in [7, 11) is 2.10. The van der Waals surface area contributed by atoms with Gasteiger partial charge in [0.2, 0.25) is 0 Å². The molecule has 12 heavy (non-hydrogen) atoms. The second kappa shape index (κ2) is 3.20. The number of likely N-dealkylation sites (N-methyl/N-ethyl adjacent to an activating group) is 1. The first-order chi connectivity index (χ1) is 5.88. The minimum atomic E-state index is 0.321. The maximum absolute atomic E-state index is 3.98. The molecule has 1 aromatic rings. The minimum Gasteiger partial charge on any atom is -0.312 e. The van der Waals surface area contributed by atoms with E-state index >= 15 is 0 Å². The molecule has 0 radical (unpaired) electrons. The largest absolute Gasteiger partial charge is 0.312 e. The van der Waals surface area contributed by atoms with E-state index in [1.807, 2.05) is 10.9 Å². The number of rotatable bonds is 1. The Bertz CT molecular complexity index is 232. The van der Waals surface area contributed by atoms with Gasteiger partial charge in [-0.3, -0.25) is 4.90 Å². The van der Waals surface area contributed by atoms with Gasteiger partial charge in [-0.25, -0.2) is 4.68 Å². The Morgan fingerprint density at radius 2 is 2.50 bits per heavy atom. The number of hydrogen-bond donors (Lipinski definition) is 1. The van der Waals surface area contributed by atoms with Crippen molar-refractivity contribution in [1.29, 1.82) is 0 Å². The Kier molecular flexibility index (Phi) is 2.05. The molecule has 1 aliphatic heterocycles. The second-order valence-corrected chi connectivity index (χ2v) is 3.05. The van der Waals surface area contributed by atoms with Crippen LogP contribution in [0.25, 0.3) is 0 Å². The van der Waals surface area contributed by atoms with Crippen molar-refractivity contribution >= 4 is 0 Å². The molecule has 5 heteroatoms. The molecule has 1 unspecified atom stereocenters. The minimum absolute atomic E-state index is 0.321. The molecule has 0 saturated carbocycles. The molecular weight excluding hydrogens is 154 g/mol. The van der Waals surface area contributed by atoms with Gasteiger partial charge in [-0.1, -0.05) is 5.21 Å². The highest BCUT2D eigenvalue weighted by molar-refractivity contribution is 4.77. The average Bonchev–Trinajstić information content (AvgIpc) is 2.57. The Morgan fingerprint density at radius 3 is 3.17 bits per heavy atom. The highest BCUT2D eigenvalue weighted by Crippen LogP contribution is 2.09. The van der Waals surface area contributed by atoms with Gasteiger partial charge in [0.25, 0.3) is 0 Å². The fraction of sp³-hybridized carbons (Fsp3) is 0.714. The van der Waals surface area contributed by atoms with Crippen molar-refractivity contribution in [2.75, 3.05) is 26.7 Å². The smallest absolute Gasteiger partial charge is 0.118 e. The summed E-state index contributed by atoms with van der Waals surface area (Å²) in [5, 5.41) is 11.1. The van der Waals surface area contributed by atoms with Gasteiger partial charge < -0.3 is 5.32 Å². The van der Waals surface area contributed by atoms with E-state index in [0.717, 1.165) is 19.6 Å². The maximum atomic E-state index is 3.98. The van der Waals surface area contributed by atoms with E-state index in [2.05, 4.69) is 27.6 Å². The summed E-state index contributed by atoms with van der Waals surface area (Å²) in [5.74, 6) is 0. The molecule has 5 nitrogen and oxygen atoms in total. The molecule has 2 heterocycles. The predicted molar refractivity (Wildman–Crippen MR) is 44.6 cm³/mol. The van der Waals surface area contributed by atoms with E-state index in [1.165, 1.54) is 0 Å². The van der Waals surface area contributed by atoms with Crippen molar-refractivity contribution in [3.8, 4) is 0 Å². The molecule has 0 aromatic carbocycles. The van der Waals surface area contributed by atoms with Crippen LogP contribution in [0.15, 0.2) is 12.4 Å². The third-order valence-corrected chi connectivity index (χ3v) is 2.22. The molecule has 2 rings (SSSR count). The summed E-state index contributed by atoms with van der Waals surface area (Å²) in [4.78, 5) is 2.27. The molecule has 1 atom stereocenters.